The molecule has 0 aliphatic heterocycles. The number of rotatable bonds is 0. The van der Waals surface area contributed by atoms with Gasteiger partial charge >= 0.3 is 0 Å². The number of benzene rings is 1. The molecule has 0 unspecified atom stereocenters. The molecule has 0 aliphatic rings. The highest BCUT2D eigenvalue weighted by atomic mass is 14.8. The normalized spacial score (nSPS) is 10.3. The van der Waals surface area contributed by atoms with Crippen LogP contribution in [0, 0.1) is 6.92 Å². The maximum Gasteiger partial charge on any atom is 0.116 e. The van der Waals surface area contributed by atoms with Crippen LogP contribution in [0.3, 0.4) is 0 Å². The van der Waals surface area contributed by atoms with Gasteiger partial charge in [0.25, 0.3) is 0 Å². The summed E-state index contributed by atoms with van der Waals surface area (Å²) in [6.45, 7) is 2.06. The molecule has 11 heavy (non-hydrogen) atoms. The maximum atomic E-state index is 4.13. The Morgan fingerprint density at radius 2 is 2.18 bits per heavy atom. The van der Waals surface area contributed by atoms with E-state index in [-0.39, 0.29) is 0 Å². The summed E-state index contributed by atoms with van der Waals surface area (Å²) in [6, 6.07) is 6.06. The zero-order valence-corrected chi connectivity index (χ0v) is 6.28. The lowest BCUT2D eigenvalue weighted by Gasteiger charge is -1.97. The molecular formula is C9H8N2. The predicted molar refractivity (Wildman–Crippen MR) is 44.3 cm³/mol. The maximum absolute atomic E-state index is 4.13. The van der Waals surface area contributed by atoms with E-state index in [9.17, 15) is 0 Å². The van der Waals surface area contributed by atoms with Crippen LogP contribution in [-0.4, -0.2) is 9.97 Å². The van der Waals surface area contributed by atoms with Gasteiger partial charge in [0.1, 0.15) is 6.33 Å². The Morgan fingerprint density at radius 3 is 3.00 bits per heavy atom. The summed E-state index contributed by atoms with van der Waals surface area (Å²) in [5.74, 6) is 0. The van der Waals surface area contributed by atoms with Gasteiger partial charge in [0.2, 0.25) is 0 Å². The van der Waals surface area contributed by atoms with Crippen molar-refractivity contribution in [3.8, 4) is 0 Å². The molecule has 0 bridgehead atoms. The van der Waals surface area contributed by atoms with Gasteiger partial charge in [-0.2, -0.15) is 0 Å². The van der Waals surface area contributed by atoms with Gasteiger partial charge in [0, 0.05) is 11.6 Å². The number of hydrogen-bond acceptors (Lipinski definition) is 2. The molecule has 1 aromatic carbocycles. The van der Waals surface area contributed by atoms with Crippen LogP contribution in [0.15, 0.2) is 30.7 Å². The van der Waals surface area contributed by atoms with Crippen LogP contribution in [0.4, 0.5) is 0 Å². The molecule has 1 aromatic heterocycles. The van der Waals surface area contributed by atoms with Crippen molar-refractivity contribution in [3.05, 3.63) is 36.3 Å². The van der Waals surface area contributed by atoms with Crippen LogP contribution in [0.1, 0.15) is 5.56 Å². The largest absolute Gasteiger partial charge is 0.244 e. The highest BCUT2D eigenvalue weighted by Crippen LogP contribution is 2.12. The average molecular weight is 144 g/mol. The van der Waals surface area contributed by atoms with Gasteiger partial charge in [-0.3, -0.25) is 0 Å². The quantitative estimate of drug-likeness (QED) is 0.564. The minimum absolute atomic E-state index is 1.01. The van der Waals surface area contributed by atoms with E-state index < -0.39 is 0 Å². The fourth-order valence-electron chi connectivity index (χ4n) is 1.15. The fraction of sp³-hybridized carbons (Fsp3) is 0.111. The van der Waals surface area contributed by atoms with E-state index in [0.717, 1.165) is 10.9 Å². The van der Waals surface area contributed by atoms with E-state index in [1.54, 1.807) is 6.33 Å². The summed E-state index contributed by atoms with van der Waals surface area (Å²) in [6.07, 6.45) is 3.42. The first-order valence-corrected chi connectivity index (χ1v) is 3.53. The molecule has 0 atom stereocenters. The highest BCUT2D eigenvalue weighted by molar-refractivity contribution is 5.80. The lowest BCUT2D eigenvalue weighted by atomic mass is 10.1. The molecule has 54 valence electrons. The molecule has 1 heterocycles. The summed E-state index contributed by atoms with van der Waals surface area (Å²) in [5, 5.41) is 1.13. The monoisotopic (exact) mass is 144 g/mol. The van der Waals surface area contributed by atoms with Crippen LogP contribution in [-0.2, 0) is 0 Å². The van der Waals surface area contributed by atoms with Crippen molar-refractivity contribution in [1.82, 2.24) is 9.97 Å². The first kappa shape index (κ1) is 6.28. The molecule has 2 nitrogen and oxygen atoms in total. The lowest BCUT2D eigenvalue weighted by Crippen LogP contribution is -1.82. The number of aryl methyl sites for hydroxylation is 1. The Morgan fingerprint density at radius 1 is 1.27 bits per heavy atom. The van der Waals surface area contributed by atoms with Crippen molar-refractivity contribution in [2.45, 2.75) is 6.92 Å². The summed E-state index contributed by atoms with van der Waals surface area (Å²) in [4.78, 5) is 8.09. The van der Waals surface area contributed by atoms with Gasteiger partial charge in [-0.1, -0.05) is 12.1 Å². The molecule has 0 saturated heterocycles. The Kier molecular flexibility index (Phi) is 1.32. The van der Waals surface area contributed by atoms with Crippen LogP contribution >= 0.6 is 0 Å². The van der Waals surface area contributed by atoms with E-state index >= 15 is 0 Å². The summed E-state index contributed by atoms with van der Waals surface area (Å²) >= 11 is 0. The molecule has 2 heteroatoms. The molecule has 0 saturated carbocycles. The molecule has 0 amide bonds. The van der Waals surface area contributed by atoms with Crippen molar-refractivity contribution in [1.29, 1.82) is 0 Å². The first-order valence-electron chi connectivity index (χ1n) is 3.53. The molecule has 0 aliphatic carbocycles. The topological polar surface area (TPSA) is 25.8 Å². The van der Waals surface area contributed by atoms with E-state index in [0.29, 0.717) is 0 Å². The number of hydrogen-bond donors (Lipinski definition) is 0. The molecule has 0 fully saturated rings. The number of fused-ring (bicyclic) bond motifs is 1. The molecule has 0 spiro atoms. The Balaban J connectivity index is 2.91. The number of nitrogens with zero attached hydrogens (tertiary/aromatic N) is 2. The minimum atomic E-state index is 1.01. The van der Waals surface area contributed by atoms with Crippen molar-refractivity contribution in [2.24, 2.45) is 0 Å². The molecular weight excluding hydrogens is 136 g/mol. The van der Waals surface area contributed by atoms with Gasteiger partial charge in [0.15, 0.2) is 0 Å². The Labute approximate surface area is 64.9 Å². The average Bonchev–Trinajstić information content (AvgIpc) is 2.06. The van der Waals surface area contributed by atoms with E-state index in [1.807, 2.05) is 18.3 Å². The van der Waals surface area contributed by atoms with E-state index in [4.69, 9.17) is 0 Å². The third-order valence-electron chi connectivity index (χ3n) is 1.77. The SMILES string of the molecule is Cc1cccc2ncncc12. The summed E-state index contributed by atoms with van der Waals surface area (Å²) in [5.41, 5.74) is 2.24. The second-order valence-corrected chi connectivity index (χ2v) is 2.53. The third-order valence-corrected chi connectivity index (χ3v) is 1.77. The van der Waals surface area contributed by atoms with Crippen LogP contribution in [0.5, 0.6) is 0 Å². The van der Waals surface area contributed by atoms with E-state index in [1.165, 1.54) is 5.56 Å². The second kappa shape index (κ2) is 2.31. The first-order chi connectivity index (χ1) is 5.38. The fourth-order valence-corrected chi connectivity index (χ4v) is 1.15. The molecule has 2 aromatic rings. The Bertz CT molecular complexity index is 377. The predicted octanol–water partition coefficient (Wildman–Crippen LogP) is 1.94. The van der Waals surface area contributed by atoms with Crippen molar-refractivity contribution in [2.75, 3.05) is 0 Å². The van der Waals surface area contributed by atoms with Crippen molar-refractivity contribution < 1.29 is 0 Å². The molecule has 2 rings (SSSR count). The Hall–Kier alpha value is -1.44. The van der Waals surface area contributed by atoms with Gasteiger partial charge in [-0.05, 0) is 18.6 Å². The molecule has 0 radical (unpaired) electrons. The van der Waals surface area contributed by atoms with Crippen LogP contribution in [0.2, 0.25) is 0 Å². The van der Waals surface area contributed by atoms with Crippen molar-refractivity contribution >= 4 is 10.9 Å². The van der Waals surface area contributed by atoms with E-state index in [2.05, 4.69) is 23.0 Å². The highest BCUT2D eigenvalue weighted by Gasteiger charge is 1.94. The summed E-state index contributed by atoms with van der Waals surface area (Å²) in [7, 11) is 0. The minimum Gasteiger partial charge on any atom is -0.244 e. The lowest BCUT2D eigenvalue weighted by molar-refractivity contribution is 1.22. The smallest absolute Gasteiger partial charge is 0.116 e. The third kappa shape index (κ3) is 0.963. The van der Waals surface area contributed by atoms with Crippen molar-refractivity contribution in [3.63, 3.8) is 0 Å². The van der Waals surface area contributed by atoms with Gasteiger partial charge in [-0.25, -0.2) is 9.97 Å². The van der Waals surface area contributed by atoms with Crippen LogP contribution in [0.25, 0.3) is 10.9 Å². The molecule has 0 N–H and O–H groups in total. The van der Waals surface area contributed by atoms with Gasteiger partial charge < -0.3 is 0 Å². The zero-order valence-electron chi connectivity index (χ0n) is 6.28. The van der Waals surface area contributed by atoms with Gasteiger partial charge in [0.05, 0.1) is 5.52 Å². The zero-order chi connectivity index (χ0) is 7.68. The number of aromatic nitrogens is 2. The van der Waals surface area contributed by atoms with Crippen LogP contribution < -0.4 is 0 Å². The standard InChI is InChI=1S/C9H8N2/c1-7-3-2-4-9-8(7)5-10-6-11-9/h2-6H,1H3. The summed E-state index contributed by atoms with van der Waals surface area (Å²) < 4.78 is 0. The second-order valence-electron chi connectivity index (χ2n) is 2.53. The van der Waals surface area contributed by atoms with Gasteiger partial charge in [-0.15, -0.1) is 0 Å².